The smallest absolute Gasteiger partial charge is 0.118 e. The second-order valence-corrected chi connectivity index (χ2v) is 6.99. The topological polar surface area (TPSA) is 55.5 Å². The van der Waals surface area contributed by atoms with Crippen molar-refractivity contribution in [2.45, 2.75) is 16.6 Å². The fourth-order valence-corrected chi connectivity index (χ4v) is 3.85. The van der Waals surface area contributed by atoms with Crippen molar-refractivity contribution >= 4 is 17.4 Å². The molecule has 0 aliphatic heterocycles. The van der Waals surface area contributed by atoms with Crippen LogP contribution in [0.1, 0.15) is 17.2 Å². The van der Waals surface area contributed by atoms with E-state index in [1.807, 2.05) is 72.8 Å². The standard InChI is InChI=1S/C21H21NO2S/c1-24-17-12-10-16(11-13-17)21(14-19(23)15-6-2-3-7-15)25-20-9-5-4-8-18(20)22/h2-13,21,23H,14,22H2,1H3. The Labute approximate surface area is 152 Å². The lowest BCUT2D eigenvalue weighted by Crippen LogP contribution is -2.00. The highest BCUT2D eigenvalue weighted by Gasteiger charge is 2.18. The number of allylic oxidation sites excluding steroid dienone is 6. The van der Waals surface area contributed by atoms with Crippen LogP contribution in [-0.4, -0.2) is 12.2 Å². The maximum absolute atomic E-state index is 10.5. The maximum atomic E-state index is 10.5. The molecule has 0 spiro atoms. The molecule has 1 aliphatic rings. The number of ether oxygens (including phenoxy) is 1. The lowest BCUT2D eigenvalue weighted by atomic mass is 10.1. The number of nitrogens with two attached hydrogens (primary N) is 1. The fraction of sp³-hybridized carbons (Fsp3) is 0.143. The van der Waals surface area contributed by atoms with Crippen molar-refractivity contribution < 1.29 is 9.84 Å². The second kappa shape index (κ2) is 7.99. The fourth-order valence-electron chi connectivity index (χ4n) is 2.65. The zero-order valence-electron chi connectivity index (χ0n) is 14.1. The molecule has 128 valence electrons. The summed E-state index contributed by atoms with van der Waals surface area (Å²) in [5.41, 5.74) is 8.84. The summed E-state index contributed by atoms with van der Waals surface area (Å²) in [5.74, 6) is 1.20. The quantitative estimate of drug-likeness (QED) is 0.413. The van der Waals surface area contributed by atoms with Crippen LogP contribution in [0.25, 0.3) is 0 Å². The van der Waals surface area contributed by atoms with Gasteiger partial charge in [-0.3, -0.25) is 0 Å². The molecule has 0 saturated heterocycles. The van der Waals surface area contributed by atoms with Gasteiger partial charge in [-0.1, -0.05) is 48.6 Å². The molecule has 3 rings (SSSR count). The van der Waals surface area contributed by atoms with Gasteiger partial charge in [0, 0.05) is 27.8 Å². The van der Waals surface area contributed by atoms with Gasteiger partial charge in [-0.15, -0.1) is 11.8 Å². The van der Waals surface area contributed by atoms with Crippen LogP contribution >= 0.6 is 11.8 Å². The Morgan fingerprint density at radius 2 is 1.76 bits per heavy atom. The molecule has 0 fully saturated rings. The molecule has 2 aromatic carbocycles. The van der Waals surface area contributed by atoms with E-state index in [1.165, 1.54) is 0 Å². The van der Waals surface area contributed by atoms with Gasteiger partial charge in [-0.25, -0.2) is 0 Å². The first-order valence-corrected chi connectivity index (χ1v) is 8.97. The molecule has 0 aromatic heterocycles. The average molecular weight is 351 g/mol. The molecule has 0 amide bonds. The molecule has 0 bridgehead atoms. The summed E-state index contributed by atoms with van der Waals surface area (Å²) in [4.78, 5) is 1.01. The summed E-state index contributed by atoms with van der Waals surface area (Å²) in [5, 5.41) is 10.6. The molecule has 25 heavy (non-hydrogen) atoms. The van der Waals surface area contributed by atoms with Crippen LogP contribution in [0.3, 0.4) is 0 Å². The summed E-state index contributed by atoms with van der Waals surface area (Å²) < 4.78 is 5.24. The zero-order valence-corrected chi connectivity index (χ0v) is 14.9. The molecule has 4 heteroatoms. The minimum Gasteiger partial charge on any atom is -0.512 e. The number of aliphatic hydroxyl groups excluding tert-OH is 1. The van der Waals surface area contributed by atoms with Crippen LogP contribution in [0.15, 0.2) is 89.1 Å². The van der Waals surface area contributed by atoms with E-state index in [2.05, 4.69) is 0 Å². The monoisotopic (exact) mass is 351 g/mol. The van der Waals surface area contributed by atoms with E-state index in [1.54, 1.807) is 18.9 Å². The van der Waals surface area contributed by atoms with Gasteiger partial charge < -0.3 is 15.6 Å². The van der Waals surface area contributed by atoms with Crippen molar-refractivity contribution in [3.05, 3.63) is 89.7 Å². The highest BCUT2D eigenvalue weighted by Crippen LogP contribution is 2.42. The number of rotatable bonds is 6. The molecule has 3 N–H and O–H groups in total. The lowest BCUT2D eigenvalue weighted by molar-refractivity contribution is 0.384. The Bertz CT molecular complexity index is 808. The van der Waals surface area contributed by atoms with E-state index in [0.29, 0.717) is 12.2 Å². The Morgan fingerprint density at radius 1 is 1.08 bits per heavy atom. The van der Waals surface area contributed by atoms with Crippen molar-refractivity contribution in [3.63, 3.8) is 0 Å². The molecule has 1 unspecified atom stereocenters. The highest BCUT2D eigenvalue weighted by molar-refractivity contribution is 7.99. The minimum atomic E-state index is 0.0468. The van der Waals surface area contributed by atoms with Gasteiger partial charge in [0.2, 0.25) is 0 Å². The van der Waals surface area contributed by atoms with Crippen molar-refractivity contribution in [2.75, 3.05) is 12.8 Å². The van der Waals surface area contributed by atoms with E-state index in [0.717, 1.165) is 27.5 Å². The first kappa shape index (κ1) is 17.2. The summed E-state index contributed by atoms with van der Waals surface area (Å²) in [7, 11) is 1.65. The number of methoxy groups -OCH3 is 1. The Balaban J connectivity index is 1.89. The van der Waals surface area contributed by atoms with Gasteiger partial charge in [0.25, 0.3) is 0 Å². The highest BCUT2D eigenvalue weighted by atomic mass is 32.2. The van der Waals surface area contributed by atoms with Crippen molar-refractivity contribution in [2.24, 2.45) is 0 Å². The van der Waals surface area contributed by atoms with Crippen LogP contribution in [0.5, 0.6) is 5.75 Å². The number of anilines is 1. The van der Waals surface area contributed by atoms with Crippen molar-refractivity contribution in [1.82, 2.24) is 0 Å². The van der Waals surface area contributed by atoms with E-state index >= 15 is 0 Å². The molecule has 0 heterocycles. The third-order valence-electron chi connectivity index (χ3n) is 4.05. The predicted octanol–water partition coefficient (Wildman–Crippen LogP) is 5.44. The summed E-state index contributed by atoms with van der Waals surface area (Å²) in [6.45, 7) is 0. The van der Waals surface area contributed by atoms with Gasteiger partial charge in [-0.05, 0) is 29.8 Å². The largest absolute Gasteiger partial charge is 0.512 e. The first-order valence-electron chi connectivity index (χ1n) is 8.09. The minimum absolute atomic E-state index is 0.0468. The van der Waals surface area contributed by atoms with Gasteiger partial charge in [0.15, 0.2) is 0 Å². The third-order valence-corrected chi connectivity index (χ3v) is 5.40. The number of benzene rings is 2. The van der Waals surface area contributed by atoms with E-state index in [4.69, 9.17) is 10.5 Å². The Morgan fingerprint density at radius 3 is 2.40 bits per heavy atom. The predicted molar refractivity (Wildman–Crippen MR) is 105 cm³/mol. The van der Waals surface area contributed by atoms with Crippen LogP contribution in [-0.2, 0) is 0 Å². The second-order valence-electron chi connectivity index (χ2n) is 5.74. The van der Waals surface area contributed by atoms with Crippen LogP contribution in [0.2, 0.25) is 0 Å². The van der Waals surface area contributed by atoms with E-state index in [9.17, 15) is 5.11 Å². The summed E-state index contributed by atoms with van der Waals surface area (Å²) in [6.07, 6.45) is 8.21. The molecule has 1 atom stereocenters. The normalized spacial score (nSPS) is 13.9. The van der Waals surface area contributed by atoms with Gasteiger partial charge in [0.1, 0.15) is 11.5 Å². The molecule has 1 aliphatic carbocycles. The number of aliphatic hydroxyl groups is 1. The number of hydrogen-bond acceptors (Lipinski definition) is 4. The molecular weight excluding hydrogens is 330 g/mol. The Hall–Kier alpha value is -2.59. The SMILES string of the molecule is COc1ccc(C(CC(O)=C2C=CC=C2)Sc2ccccc2N)cc1. The molecular formula is C21H21NO2S. The van der Waals surface area contributed by atoms with Crippen LogP contribution in [0.4, 0.5) is 5.69 Å². The summed E-state index contributed by atoms with van der Waals surface area (Å²) >= 11 is 1.66. The number of para-hydroxylation sites is 1. The Kier molecular flexibility index (Phi) is 5.51. The zero-order chi connectivity index (χ0) is 17.6. The number of hydrogen-bond donors (Lipinski definition) is 2. The number of nitrogen functional groups attached to an aromatic ring is 1. The van der Waals surface area contributed by atoms with Gasteiger partial charge in [-0.2, -0.15) is 0 Å². The first-order chi connectivity index (χ1) is 12.2. The molecule has 0 radical (unpaired) electrons. The molecule has 3 nitrogen and oxygen atoms in total. The van der Waals surface area contributed by atoms with Crippen molar-refractivity contribution in [3.8, 4) is 5.75 Å². The average Bonchev–Trinajstić information content (AvgIpc) is 3.18. The van der Waals surface area contributed by atoms with Gasteiger partial charge >= 0.3 is 0 Å². The third kappa shape index (κ3) is 4.28. The van der Waals surface area contributed by atoms with Gasteiger partial charge in [0.05, 0.1) is 7.11 Å². The molecule has 0 saturated carbocycles. The molecule has 2 aromatic rings. The van der Waals surface area contributed by atoms with Crippen LogP contribution < -0.4 is 10.5 Å². The summed E-state index contributed by atoms with van der Waals surface area (Å²) in [6, 6.07) is 15.8. The lowest BCUT2D eigenvalue weighted by Gasteiger charge is -2.19. The van der Waals surface area contributed by atoms with Crippen LogP contribution in [0, 0.1) is 0 Å². The van der Waals surface area contributed by atoms with E-state index < -0.39 is 0 Å². The number of thioether (sulfide) groups is 1. The van der Waals surface area contributed by atoms with Crippen molar-refractivity contribution in [1.29, 1.82) is 0 Å². The van der Waals surface area contributed by atoms with E-state index in [-0.39, 0.29) is 5.25 Å². The maximum Gasteiger partial charge on any atom is 0.118 e.